The molecule has 3 rings (SSSR count). The Bertz CT molecular complexity index is 685. The highest BCUT2D eigenvalue weighted by Crippen LogP contribution is 2.25. The molecule has 1 aromatic rings. The number of rotatable bonds is 2. The smallest absolute Gasteiger partial charge is 0.269 e. The third kappa shape index (κ3) is 1.66. The minimum atomic E-state index is -0.688. The molecule has 0 radical (unpaired) electrons. The standard InChI is InChI=1S/C14H8N2O4/c17-11-6-7-12(18)16(11)10-8-13(19)15(14(10)20)9-4-2-1-3-5-9/h1-8H. The van der Waals surface area contributed by atoms with E-state index < -0.39 is 23.6 Å². The van der Waals surface area contributed by atoms with Crippen molar-refractivity contribution in [1.29, 1.82) is 0 Å². The molecular weight excluding hydrogens is 260 g/mol. The Morgan fingerprint density at radius 3 is 1.90 bits per heavy atom. The fraction of sp³-hybridized carbons (Fsp3) is 0. The Labute approximate surface area is 113 Å². The molecule has 0 aromatic heterocycles. The van der Waals surface area contributed by atoms with Gasteiger partial charge in [0.25, 0.3) is 23.6 Å². The van der Waals surface area contributed by atoms with Gasteiger partial charge in [0, 0.05) is 18.2 Å². The van der Waals surface area contributed by atoms with Crippen LogP contribution in [0.15, 0.2) is 54.3 Å². The number of hydrogen-bond acceptors (Lipinski definition) is 4. The summed E-state index contributed by atoms with van der Waals surface area (Å²) in [4.78, 5) is 48.9. The highest BCUT2D eigenvalue weighted by atomic mass is 16.2. The molecule has 0 saturated heterocycles. The topological polar surface area (TPSA) is 74.8 Å². The average molecular weight is 268 g/mol. The van der Waals surface area contributed by atoms with Gasteiger partial charge >= 0.3 is 0 Å². The fourth-order valence-corrected chi connectivity index (χ4v) is 2.08. The Morgan fingerprint density at radius 1 is 0.700 bits per heavy atom. The summed E-state index contributed by atoms with van der Waals surface area (Å²) < 4.78 is 0. The van der Waals surface area contributed by atoms with Gasteiger partial charge in [0.15, 0.2) is 0 Å². The second-order valence-corrected chi connectivity index (χ2v) is 4.19. The largest absolute Gasteiger partial charge is 0.282 e. The summed E-state index contributed by atoms with van der Waals surface area (Å²) in [6.45, 7) is 0. The quantitative estimate of drug-likeness (QED) is 0.726. The summed E-state index contributed by atoms with van der Waals surface area (Å²) in [5.74, 6) is -2.52. The number of hydrogen-bond donors (Lipinski definition) is 0. The van der Waals surface area contributed by atoms with Crippen molar-refractivity contribution in [3.8, 4) is 0 Å². The minimum absolute atomic E-state index is 0.223. The molecule has 98 valence electrons. The van der Waals surface area contributed by atoms with E-state index in [1.54, 1.807) is 30.3 Å². The lowest BCUT2D eigenvalue weighted by molar-refractivity contribution is -0.137. The molecule has 0 atom stereocenters. The molecule has 0 bridgehead atoms. The van der Waals surface area contributed by atoms with Crippen molar-refractivity contribution in [2.75, 3.05) is 4.90 Å². The number of carbonyl (C=O) groups excluding carboxylic acids is 4. The second-order valence-electron chi connectivity index (χ2n) is 4.19. The lowest BCUT2D eigenvalue weighted by atomic mass is 10.3. The summed E-state index contributed by atoms with van der Waals surface area (Å²) in [7, 11) is 0. The van der Waals surface area contributed by atoms with Crippen LogP contribution in [0.4, 0.5) is 5.69 Å². The molecule has 4 amide bonds. The molecule has 2 heterocycles. The second kappa shape index (κ2) is 4.27. The molecule has 0 unspecified atom stereocenters. The normalized spacial score (nSPS) is 18.3. The van der Waals surface area contributed by atoms with Gasteiger partial charge in [0.2, 0.25) is 0 Å². The van der Waals surface area contributed by atoms with Gasteiger partial charge in [-0.3, -0.25) is 19.2 Å². The van der Waals surface area contributed by atoms with Crippen LogP contribution in [0.25, 0.3) is 0 Å². The van der Waals surface area contributed by atoms with Crippen LogP contribution >= 0.6 is 0 Å². The first-order valence-corrected chi connectivity index (χ1v) is 5.81. The van der Waals surface area contributed by atoms with E-state index in [1.807, 2.05) is 0 Å². The van der Waals surface area contributed by atoms with Gasteiger partial charge in [-0.25, -0.2) is 9.80 Å². The van der Waals surface area contributed by atoms with Crippen molar-refractivity contribution in [2.45, 2.75) is 0 Å². The van der Waals surface area contributed by atoms with E-state index >= 15 is 0 Å². The molecule has 6 heteroatoms. The van der Waals surface area contributed by atoms with E-state index in [2.05, 4.69) is 0 Å². The van der Waals surface area contributed by atoms with Crippen LogP contribution in [-0.2, 0) is 19.2 Å². The zero-order chi connectivity index (χ0) is 14.3. The maximum Gasteiger partial charge on any atom is 0.282 e. The lowest BCUT2D eigenvalue weighted by Crippen LogP contribution is -2.37. The van der Waals surface area contributed by atoms with Crippen LogP contribution in [0.5, 0.6) is 0 Å². The number of imide groups is 2. The summed E-state index contributed by atoms with van der Waals surface area (Å²) in [5, 5.41) is 0. The number of para-hydroxylation sites is 1. The van der Waals surface area contributed by atoms with Crippen molar-refractivity contribution in [2.24, 2.45) is 0 Å². The van der Waals surface area contributed by atoms with E-state index in [9.17, 15) is 19.2 Å². The summed E-state index contributed by atoms with van der Waals surface area (Å²) in [6.07, 6.45) is 3.12. The van der Waals surface area contributed by atoms with Crippen LogP contribution in [-0.4, -0.2) is 28.5 Å². The molecule has 0 N–H and O–H groups in total. The van der Waals surface area contributed by atoms with E-state index in [0.29, 0.717) is 10.6 Å². The van der Waals surface area contributed by atoms with E-state index in [1.165, 1.54) is 0 Å². The number of carbonyl (C=O) groups is 4. The van der Waals surface area contributed by atoms with Crippen molar-refractivity contribution >= 4 is 29.3 Å². The molecule has 2 aliphatic rings. The zero-order valence-electron chi connectivity index (χ0n) is 10.1. The number of benzene rings is 1. The maximum atomic E-state index is 12.3. The Hall–Kier alpha value is -3.02. The van der Waals surface area contributed by atoms with E-state index in [0.717, 1.165) is 23.1 Å². The highest BCUT2D eigenvalue weighted by molar-refractivity contribution is 6.33. The molecule has 1 aromatic carbocycles. The summed E-state index contributed by atoms with van der Waals surface area (Å²) in [5.41, 5.74) is 0.166. The van der Waals surface area contributed by atoms with Gasteiger partial charge in [-0.2, -0.15) is 0 Å². The third-order valence-electron chi connectivity index (χ3n) is 2.97. The Kier molecular flexibility index (Phi) is 2.57. The first-order chi connectivity index (χ1) is 9.59. The average Bonchev–Trinajstić information content (AvgIpc) is 2.91. The summed E-state index contributed by atoms with van der Waals surface area (Å²) in [6, 6.07) is 8.31. The van der Waals surface area contributed by atoms with Gasteiger partial charge < -0.3 is 0 Å². The summed E-state index contributed by atoms with van der Waals surface area (Å²) >= 11 is 0. The van der Waals surface area contributed by atoms with Gasteiger partial charge in [-0.05, 0) is 12.1 Å². The predicted molar refractivity (Wildman–Crippen MR) is 68.0 cm³/mol. The third-order valence-corrected chi connectivity index (χ3v) is 2.97. The van der Waals surface area contributed by atoms with Crippen LogP contribution in [0.1, 0.15) is 0 Å². The van der Waals surface area contributed by atoms with E-state index in [4.69, 9.17) is 0 Å². The molecule has 6 nitrogen and oxygen atoms in total. The molecule has 0 saturated carbocycles. The monoisotopic (exact) mass is 268 g/mol. The number of anilines is 1. The van der Waals surface area contributed by atoms with Crippen LogP contribution in [0, 0.1) is 0 Å². The molecular formula is C14H8N2O4. The van der Waals surface area contributed by atoms with E-state index in [-0.39, 0.29) is 5.70 Å². The van der Waals surface area contributed by atoms with Crippen LogP contribution < -0.4 is 4.90 Å². The maximum absolute atomic E-state index is 12.3. The first-order valence-electron chi connectivity index (χ1n) is 5.81. The fourth-order valence-electron chi connectivity index (χ4n) is 2.08. The molecule has 20 heavy (non-hydrogen) atoms. The zero-order valence-corrected chi connectivity index (χ0v) is 10.1. The Balaban J connectivity index is 1.96. The molecule has 0 aliphatic carbocycles. The van der Waals surface area contributed by atoms with Crippen molar-refractivity contribution in [3.05, 3.63) is 54.3 Å². The van der Waals surface area contributed by atoms with Gasteiger partial charge in [0.05, 0.1) is 5.69 Å². The van der Waals surface area contributed by atoms with Crippen molar-refractivity contribution in [3.63, 3.8) is 0 Å². The molecule has 0 fully saturated rings. The van der Waals surface area contributed by atoms with Gasteiger partial charge in [-0.15, -0.1) is 0 Å². The molecule has 2 aliphatic heterocycles. The lowest BCUT2D eigenvalue weighted by Gasteiger charge is -2.17. The minimum Gasteiger partial charge on any atom is -0.269 e. The first kappa shape index (κ1) is 12.0. The van der Waals surface area contributed by atoms with Crippen LogP contribution in [0.3, 0.4) is 0 Å². The highest BCUT2D eigenvalue weighted by Gasteiger charge is 2.40. The number of amides is 4. The number of nitrogens with zero attached hydrogens (tertiary/aromatic N) is 2. The SMILES string of the molecule is O=C1C=CC(=O)N1C1=CC(=O)N(c2ccccc2)C1=O. The van der Waals surface area contributed by atoms with Gasteiger partial charge in [-0.1, -0.05) is 18.2 Å². The van der Waals surface area contributed by atoms with Gasteiger partial charge in [0.1, 0.15) is 5.70 Å². The predicted octanol–water partition coefficient (Wildman–Crippen LogP) is 0.369. The Morgan fingerprint density at radius 2 is 1.30 bits per heavy atom. The van der Waals surface area contributed by atoms with Crippen molar-refractivity contribution < 1.29 is 19.2 Å². The molecule has 0 spiro atoms. The van der Waals surface area contributed by atoms with Crippen molar-refractivity contribution in [1.82, 2.24) is 4.90 Å². The van der Waals surface area contributed by atoms with Crippen LogP contribution in [0.2, 0.25) is 0 Å².